The number of nitrogens with zero attached hydrogens (tertiary/aromatic N) is 1. The Hall–Kier alpha value is -1.09. The molecule has 0 amide bonds. The van der Waals surface area contributed by atoms with Crippen molar-refractivity contribution < 1.29 is 0 Å². The number of rotatable bonds is 5. The molecule has 1 aliphatic rings. The molecule has 1 aliphatic carbocycles. The van der Waals surface area contributed by atoms with Crippen LogP contribution < -0.4 is 10.6 Å². The predicted octanol–water partition coefficient (Wildman–Crippen LogP) is 3.25. The summed E-state index contributed by atoms with van der Waals surface area (Å²) in [5, 5.41) is 0. The molecule has 1 aromatic rings. The standard InChI is InChI=1S/C15H22N2S/c1-10(2)17(9-12-4-5-12)14-7-6-13(15(16)18)8-11(14)3/h6-8,10,12H,4-5,9H2,1-3H3,(H2,16,18). The monoisotopic (exact) mass is 262 g/mol. The molecule has 0 atom stereocenters. The molecule has 0 unspecified atom stereocenters. The lowest BCUT2D eigenvalue weighted by Gasteiger charge is -2.30. The molecule has 2 nitrogen and oxygen atoms in total. The topological polar surface area (TPSA) is 29.3 Å². The fourth-order valence-electron chi connectivity index (χ4n) is 2.30. The molecule has 2 rings (SSSR count). The smallest absolute Gasteiger partial charge is 0.103 e. The third-order valence-electron chi connectivity index (χ3n) is 3.57. The first-order valence-corrected chi connectivity index (χ1v) is 7.07. The summed E-state index contributed by atoms with van der Waals surface area (Å²) < 4.78 is 0. The van der Waals surface area contributed by atoms with Crippen LogP contribution in [-0.2, 0) is 0 Å². The lowest BCUT2D eigenvalue weighted by atomic mass is 10.1. The van der Waals surface area contributed by atoms with Crippen LogP contribution in [0.15, 0.2) is 18.2 Å². The fourth-order valence-corrected chi connectivity index (χ4v) is 2.42. The van der Waals surface area contributed by atoms with E-state index in [-0.39, 0.29) is 0 Å². The molecule has 18 heavy (non-hydrogen) atoms. The second-order valence-corrected chi connectivity index (χ2v) is 5.99. The Morgan fingerprint density at radius 3 is 2.56 bits per heavy atom. The summed E-state index contributed by atoms with van der Waals surface area (Å²) in [4.78, 5) is 2.97. The second kappa shape index (κ2) is 5.27. The number of hydrogen-bond donors (Lipinski definition) is 1. The highest BCUT2D eigenvalue weighted by molar-refractivity contribution is 7.80. The fraction of sp³-hybridized carbons (Fsp3) is 0.533. The summed E-state index contributed by atoms with van der Waals surface area (Å²) in [7, 11) is 0. The molecule has 1 fully saturated rings. The minimum Gasteiger partial charge on any atom is -0.389 e. The molecule has 1 saturated carbocycles. The van der Waals surface area contributed by atoms with Gasteiger partial charge >= 0.3 is 0 Å². The Morgan fingerprint density at radius 1 is 1.44 bits per heavy atom. The summed E-state index contributed by atoms with van der Waals surface area (Å²) in [6.07, 6.45) is 2.76. The van der Waals surface area contributed by atoms with Gasteiger partial charge in [0.15, 0.2) is 0 Å². The van der Waals surface area contributed by atoms with Crippen molar-refractivity contribution in [3.8, 4) is 0 Å². The van der Waals surface area contributed by atoms with E-state index in [9.17, 15) is 0 Å². The molecule has 0 radical (unpaired) electrons. The van der Waals surface area contributed by atoms with Crippen LogP contribution in [-0.4, -0.2) is 17.6 Å². The van der Waals surface area contributed by atoms with Crippen LogP contribution >= 0.6 is 12.2 Å². The molecular formula is C15H22N2S. The van der Waals surface area contributed by atoms with E-state index in [4.69, 9.17) is 18.0 Å². The quantitative estimate of drug-likeness (QED) is 0.826. The maximum absolute atomic E-state index is 5.68. The lowest BCUT2D eigenvalue weighted by Crippen LogP contribution is -2.33. The van der Waals surface area contributed by atoms with Gasteiger partial charge in [-0.3, -0.25) is 0 Å². The van der Waals surface area contributed by atoms with E-state index in [1.807, 2.05) is 6.07 Å². The normalized spacial score (nSPS) is 14.9. The molecule has 0 heterocycles. The Balaban J connectivity index is 2.26. The molecule has 0 saturated heterocycles. The SMILES string of the molecule is Cc1cc(C(N)=S)ccc1N(CC1CC1)C(C)C. The van der Waals surface area contributed by atoms with Crippen LogP contribution in [0.1, 0.15) is 37.8 Å². The van der Waals surface area contributed by atoms with Gasteiger partial charge in [0.2, 0.25) is 0 Å². The maximum Gasteiger partial charge on any atom is 0.103 e. The highest BCUT2D eigenvalue weighted by atomic mass is 32.1. The molecular weight excluding hydrogens is 240 g/mol. The number of benzene rings is 1. The van der Waals surface area contributed by atoms with Crippen molar-refractivity contribution in [2.45, 2.75) is 39.7 Å². The van der Waals surface area contributed by atoms with Crippen molar-refractivity contribution in [2.24, 2.45) is 11.7 Å². The Kier molecular flexibility index (Phi) is 3.91. The van der Waals surface area contributed by atoms with Crippen LogP contribution in [0.2, 0.25) is 0 Å². The van der Waals surface area contributed by atoms with Gasteiger partial charge in [0.05, 0.1) is 0 Å². The van der Waals surface area contributed by atoms with Gasteiger partial charge in [-0.15, -0.1) is 0 Å². The van der Waals surface area contributed by atoms with Crippen LogP contribution in [0.5, 0.6) is 0 Å². The number of hydrogen-bond acceptors (Lipinski definition) is 2. The molecule has 2 N–H and O–H groups in total. The number of anilines is 1. The first-order valence-electron chi connectivity index (χ1n) is 6.66. The van der Waals surface area contributed by atoms with E-state index in [1.165, 1.54) is 30.6 Å². The predicted molar refractivity (Wildman–Crippen MR) is 82.3 cm³/mol. The first-order chi connectivity index (χ1) is 8.49. The maximum atomic E-state index is 5.68. The van der Waals surface area contributed by atoms with Crippen LogP contribution in [0.4, 0.5) is 5.69 Å². The largest absolute Gasteiger partial charge is 0.389 e. The molecule has 0 spiro atoms. The van der Waals surface area contributed by atoms with E-state index in [2.05, 4.69) is 37.8 Å². The van der Waals surface area contributed by atoms with Gasteiger partial charge in [-0.2, -0.15) is 0 Å². The van der Waals surface area contributed by atoms with E-state index in [0.717, 1.165) is 11.5 Å². The zero-order chi connectivity index (χ0) is 13.3. The van der Waals surface area contributed by atoms with E-state index in [1.54, 1.807) is 0 Å². The minimum absolute atomic E-state index is 0.475. The molecule has 98 valence electrons. The molecule has 3 heteroatoms. The van der Waals surface area contributed by atoms with Crippen molar-refractivity contribution in [3.05, 3.63) is 29.3 Å². The minimum atomic E-state index is 0.475. The summed E-state index contributed by atoms with van der Waals surface area (Å²) >= 11 is 5.03. The summed E-state index contributed by atoms with van der Waals surface area (Å²) in [6.45, 7) is 7.82. The Labute approximate surface area is 115 Å². The molecule has 0 aromatic heterocycles. The molecule has 0 aliphatic heterocycles. The summed E-state index contributed by atoms with van der Waals surface area (Å²) in [5.41, 5.74) is 9.21. The van der Waals surface area contributed by atoms with Crippen molar-refractivity contribution in [1.82, 2.24) is 0 Å². The van der Waals surface area contributed by atoms with Gasteiger partial charge in [0.25, 0.3) is 0 Å². The Morgan fingerprint density at radius 2 is 2.11 bits per heavy atom. The van der Waals surface area contributed by atoms with E-state index in [0.29, 0.717) is 11.0 Å². The number of thiocarbonyl (C=S) groups is 1. The number of aryl methyl sites for hydroxylation is 1. The van der Waals surface area contributed by atoms with Crippen molar-refractivity contribution in [3.63, 3.8) is 0 Å². The third kappa shape index (κ3) is 3.02. The van der Waals surface area contributed by atoms with Gasteiger partial charge in [-0.05, 0) is 63.3 Å². The van der Waals surface area contributed by atoms with Crippen molar-refractivity contribution in [1.29, 1.82) is 0 Å². The van der Waals surface area contributed by atoms with Gasteiger partial charge in [0, 0.05) is 23.8 Å². The van der Waals surface area contributed by atoms with Crippen molar-refractivity contribution in [2.75, 3.05) is 11.4 Å². The van der Waals surface area contributed by atoms with Crippen LogP contribution in [0.3, 0.4) is 0 Å². The van der Waals surface area contributed by atoms with E-state index >= 15 is 0 Å². The van der Waals surface area contributed by atoms with Crippen LogP contribution in [0, 0.1) is 12.8 Å². The van der Waals surface area contributed by atoms with Gasteiger partial charge in [-0.1, -0.05) is 12.2 Å². The van der Waals surface area contributed by atoms with Crippen molar-refractivity contribution >= 4 is 22.9 Å². The summed E-state index contributed by atoms with van der Waals surface area (Å²) in [5.74, 6) is 0.891. The number of nitrogens with two attached hydrogens (primary N) is 1. The highest BCUT2D eigenvalue weighted by Gasteiger charge is 2.26. The molecule has 0 bridgehead atoms. The zero-order valence-electron chi connectivity index (χ0n) is 11.4. The van der Waals surface area contributed by atoms with Crippen LogP contribution in [0.25, 0.3) is 0 Å². The summed E-state index contributed by atoms with van der Waals surface area (Å²) in [6, 6.07) is 6.82. The zero-order valence-corrected chi connectivity index (χ0v) is 12.3. The Bertz CT molecular complexity index is 450. The van der Waals surface area contributed by atoms with Gasteiger partial charge in [0.1, 0.15) is 4.99 Å². The average Bonchev–Trinajstić information content (AvgIpc) is 3.09. The third-order valence-corrected chi connectivity index (χ3v) is 3.80. The second-order valence-electron chi connectivity index (χ2n) is 5.56. The van der Waals surface area contributed by atoms with E-state index < -0.39 is 0 Å². The lowest BCUT2D eigenvalue weighted by molar-refractivity contribution is 0.643. The van der Waals surface area contributed by atoms with Gasteiger partial charge < -0.3 is 10.6 Å². The molecule has 1 aromatic carbocycles. The average molecular weight is 262 g/mol. The first kappa shape index (κ1) is 13.3. The highest BCUT2D eigenvalue weighted by Crippen LogP contribution is 2.33. The van der Waals surface area contributed by atoms with Gasteiger partial charge in [-0.25, -0.2) is 0 Å².